The Balaban J connectivity index is 1.36. The van der Waals surface area contributed by atoms with Crippen LogP contribution in [0.2, 0.25) is 0 Å². The molecule has 3 aromatic rings. The second-order valence-electron chi connectivity index (χ2n) is 5.46. The highest BCUT2D eigenvalue weighted by Crippen LogP contribution is 2.12. The topological polar surface area (TPSA) is 41.6 Å². The molecule has 0 fully saturated rings. The Hall–Kier alpha value is -2.16. The van der Waals surface area contributed by atoms with Gasteiger partial charge in [0, 0.05) is 12.6 Å². The van der Waals surface area contributed by atoms with Gasteiger partial charge in [-0.25, -0.2) is 9.97 Å². The number of rotatable bonds is 7. The van der Waals surface area contributed by atoms with Gasteiger partial charge < -0.3 is 4.98 Å². The summed E-state index contributed by atoms with van der Waals surface area (Å²) < 4.78 is 0. The highest BCUT2D eigenvalue weighted by Gasteiger charge is 2.02. The summed E-state index contributed by atoms with van der Waals surface area (Å²) in [6.45, 7) is 0. The first-order valence-electron chi connectivity index (χ1n) is 7.75. The number of nitrogens with one attached hydrogen (secondary N) is 1. The quantitative estimate of drug-likeness (QED) is 0.655. The number of imidazole rings is 1. The summed E-state index contributed by atoms with van der Waals surface area (Å²) in [5, 5.41) is 0. The molecule has 0 aliphatic carbocycles. The van der Waals surface area contributed by atoms with Crippen LogP contribution in [0.3, 0.4) is 0 Å². The molecule has 0 spiro atoms. The van der Waals surface area contributed by atoms with E-state index in [4.69, 9.17) is 0 Å². The zero-order chi connectivity index (χ0) is 14.3. The fraction of sp³-hybridized carbons (Fsp3) is 0.333. The van der Waals surface area contributed by atoms with Crippen molar-refractivity contribution in [1.29, 1.82) is 0 Å². The Bertz CT molecular complexity index is 640. The highest BCUT2D eigenvalue weighted by molar-refractivity contribution is 5.69. The van der Waals surface area contributed by atoms with Crippen molar-refractivity contribution in [3.05, 3.63) is 60.0 Å². The molecule has 0 atom stereocenters. The van der Waals surface area contributed by atoms with Crippen LogP contribution in [-0.4, -0.2) is 15.0 Å². The zero-order valence-electron chi connectivity index (χ0n) is 12.3. The first-order chi connectivity index (χ1) is 10.4. The first-order valence-corrected chi connectivity index (χ1v) is 7.75. The summed E-state index contributed by atoms with van der Waals surface area (Å²) in [7, 11) is 0. The van der Waals surface area contributed by atoms with Gasteiger partial charge in [0.2, 0.25) is 0 Å². The minimum Gasteiger partial charge on any atom is -0.341 e. The van der Waals surface area contributed by atoms with Crippen molar-refractivity contribution in [2.45, 2.75) is 38.5 Å². The molecule has 0 aliphatic heterocycles. The maximum Gasteiger partial charge on any atom is 0.177 e. The summed E-state index contributed by atoms with van der Waals surface area (Å²) in [4.78, 5) is 12.1. The van der Waals surface area contributed by atoms with E-state index in [1.165, 1.54) is 37.7 Å². The van der Waals surface area contributed by atoms with Gasteiger partial charge in [0.05, 0.1) is 5.52 Å². The Labute approximate surface area is 125 Å². The van der Waals surface area contributed by atoms with Gasteiger partial charge in [0.15, 0.2) is 5.65 Å². The van der Waals surface area contributed by atoms with E-state index in [0.29, 0.717) is 0 Å². The van der Waals surface area contributed by atoms with Crippen molar-refractivity contribution in [1.82, 2.24) is 15.0 Å². The third-order valence-electron chi connectivity index (χ3n) is 3.78. The molecule has 3 rings (SSSR count). The van der Waals surface area contributed by atoms with Gasteiger partial charge in [-0.3, -0.25) is 0 Å². The molecule has 1 aromatic carbocycles. The van der Waals surface area contributed by atoms with Crippen molar-refractivity contribution in [2.75, 3.05) is 0 Å². The molecule has 0 saturated carbocycles. The molecule has 0 saturated heterocycles. The second-order valence-corrected chi connectivity index (χ2v) is 5.46. The lowest BCUT2D eigenvalue weighted by Gasteiger charge is -2.01. The van der Waals surface area contributed by atoms with Gasteiger partial charge in [0.25, 0.3) is 0 Å². The molecule has 21 heavy (non-hydrogen) atoms. The van der Waals surface area contributed by atoms with Crippen LogP contribution in [-0.2, 0) is 12.8 Å². The molecule has 0 unspecified atom stereocenters. The molecule has 2 heterocycles. The van der Waals surface area contributed by atoms with Gasteiger partial charge in [-0.2, -0.15) is 0 Å². The lowest BCUT2D eigenvalue weighted by atomic mass is 10.1. The zero-order valence-corrected chi connectivity index (χ0v) is 12.3. The van der Waals surface area contributed by atoms with Crippen LogP contribution < -0.4 is 0 Å². The van der Waals surface area contributed by atoms with Gasteiger partial charge in [-0.05, 0) is 37.0 Å². The minimum absolute atomic E-state index is 0.830. The lowest BCUT2D eigenvalue weighted by Crippen LogP contribution is -1.90. The number of fused-ring (bicyclic) bond motifs is 1. The van der Waals surface area contributed by atoms with Crippen molar-refractivity contribution in [2.24, 2.45) is 0 Å². The van der Waals surface area contributed by atoms with Crippen LogP contribution in [0.5, 0.6) is 0 Å². The number of unbranched alkanes of at least 4 members (excludes halogenated alkanes) is 3. The molecule has 0 amide bonds. The third kappa shape index (κ3) is 3.91. The minimum atomic E-state index is 0.830. The van der Waals surface area contributed by atoms with Crippen molar-refractivity contribution in [3.63, 3.8) is 0 Å². The van der Waals surface area contributed by atoms with E-state index >= 15 is 0 Å². The van der Waals surface area contributed by atoms with Crippen LogP contribution in [0.15, 0.2) is 48.7 Å². The summed E-state index contributed by atoms with van der Waals surface area (Å²) in [6.07, 6.45) is 9.00. The molecule has 3 nitrogen and oxygen atoms in total. The summed E-state index contributed by atoms with van der Waals surface area (Å²) in [5.41, 5.74) is 3.31. The molecular weight excluding hydrogens is 258 g/mol. The number of aryl methyl sites for hydroxylation is 2. The maximum atomic E-state index is 4.51. The number of hydrogen-bond donors (Lipinski definition) is 1. The molecular formula is C18H21N3. The van der Waals surface area contributed by atoms with Crippen LogP contribution in [0.4, 0.5) is 0 Å². The Morgan fingerprint density at radius 1 is 0.810 bits per heavy atom. The van der Waals surface area contributed by atoms with Crippen LogP contribution >= 0.6 is 0 Å². The SMILES string of the molecule is c1ccc(CCCCCCc2nc3ncccc3[nH]2)cc1. The Morgan fingerprint density at radius 3 is 2.43 bits per heavy atom. The second kappa shape index (κ2) is 7.02. The number of aromatic amines is 1. The van der Waals surface area contributed by atoms with Crippen LogP contribution in [0, 0.1) is 0 Å². The molecule has 1 N–H and O–H groups in total. The van der Waals surface area contributed by atoms with Crippen molar-refractivity contribution >= 4 is 11.2 Å². The average molecular weight is 279 g/mol. The van der Waals surface area contributed by atoms with E-state index < -0.39 is 0 Å². The van der Waals surface area contributed by atoms with Gasteiger partial charge >= 0.3 is 0 Å². The Morgan fingerprint density at radius 2 is 1.62 bits per heavy atom. The fourth-order valence-corrected chi connectivity index (χ4v) is 2.63. The molecule has 2 aromatic heterocycles. The number of nitrogens with zero attached hydrogens (tertiary/aromatic N) is 2. The normalized spacial score (nSPS) is 11.0. The predicted octanol–water partition coefficient (Wildman–Crippen LogP) is 4.30. The van der Waals surface area contributed by atoms with Crippen LogP contribution in [0.25, 0.3) is 11.2 Å². The van der Waals surface area contributed by atoms with Crippen molar-refractivity contribution < 1.29 is 0 Å². The number of benzene rings is 1. The molecule has 108 valence electrons. The molecule has 0 bridgehead atoms. The smallest absolute Gasteiger partial charge is 0.177 e. The summed E-state index contributed by atoms with van der Waals surface area (Å²) >= 11 is 0. The maximum absolute atomic E-state index is 4.51. The van der Waals surface area contributed by atoms with E-state index in [1.54, 1.807) is 6.20 Å². The number of aromatic nitrogens is 3. The molecule has 3 heteroatoms. The Kier molecular flexibility index (Phi) is 4.62. The third-order valence-corrected chi connectivity index (χ3v) is 3.78. The largest absolute Gasteiger partial charge is 0.341 e. The summed E-state index contributed by atoms with van der Waals surface area (Å²) in [6, 6.07) is 14.7. The molecule has 0 radical (unpaired) electrons. The highest BCUT2D eigenvalue weighted by atomic mass is 15.0. The monoisotopic (exact) mass is 279 g/mol. The fourth-order valence-electron chi connectivity index (χ4n) is 2.63. The summed E-state index contributed by atoms with van der Waals surface area (Å²) in [5.74, 6) is 1.06. The predicted molar refractivity (Wildman–Crippen MR) is 86.2 cm³/mol. The number of H-pyrrole nitrogens is 1. The van der Waals surface area contributed by atoms with E-state index in [-0.39, 0.29) is 0 Å². The number of pyridine rings is 1. The lowest BCUT2D eigenvalue weighted by molar-refractivity contribution is 0.632. The van der Waals surface area contributed by atoms with Gasteiger partial charge in [-0.15, -0.1) is 0 Å². The number of hydrogen-bond acceptors (Lipinski definition) is 2. The van der Waals surface area contributed by atoms with Gasteiger partial charge in [-0.1, -0.05) is 43.2 Å². The van der Waals surface area contributed by atoms with E-state index in [1.807, 2.05) is 12.1 Å². The standard InChI is InChI=1S/C18H21N3/c1(4-9-15-10-5-3-6-11-15)2-7-13-17-20-16-12-8-14-19-18(16)21-17/h3,5-6,8,10-12,14H,1-2,4,7,9,13H2,(H,19,20,21). The van der Waals surface area contributed by atoms with Crippen LogP contribution in [0.1, 0.15) is 37.1 Å². The van der Waals surface area contributed by atoms with E-state index in [0.717, 1.165) is 23.4 Å². The first kappa shape index (κ1) is 13.8. The molecule has 0 aliphatic rings. The van der Waals surface area contributed by atoms with E-state index in [2.05, 4.69) is 45.3 Å². The van der Waals surface area contributed by atoms with Gasteiger partial charge in [0.1, 0.15) is 5.82 Å². The van der Waals surface area contributed by atoms with Crippen molar-refractivity contribution in [3.8, 4) is 0 Å². The van der Waals surface area contributed by atoms with E-state index in [9.17, 15) is 0 Å². The average Bonchev–Trinajstić information content (AvgIpc) is 2.94.